The first-order chi connectivity index (χ1) is 15.9. The first-order valence-corrected chi connectivity index (χ1v) is 12.4. The third-order valence-corrected chi connectivity index (χ3v) is 7.85. The van der Waals surface area contributed by atoms with Crippen molar-refractivity contribution < 1.29 is 27.9 Å². The van der Waals surface area contributed by atoms with Crippen LogP contribution in [-0.4, -0.2) is 54.7 Å². The Hall–Kier alpha value is -2.24. The van der Waals surface area contributed by atoms with Crippen LogP contribution in [0.2, 0.25) is 0 Å². The molecule has 34 heavy (non-hydrogen) atoms. The molecule has 0 saturated heterocycles. The lowest BCUT2D eigenvalue weighted by molar-refractivity contribution is -0.136. The molecule has 1 aromatic heterocycles. The molecule has 3 rings (SSSR count). The summed E-state index contributed by atoms with van der Waals surface area (Å²) in [7, 11) is -2.60. The van der Waals surface area contributed by atoms with Gasteiger partial charge in [-0.05, 0) is 80.5 Å². The summed E-state index contributed by atoms with van der Waals surface area (Å²) in [6, 6.07) is 8.35. The molecule has 1 aliphatic carbocycles. The van der Waals surface area contributed by atoms with Gasteiger partial charge in [-0.2, -0.15) is 4.31 Å². The number of benzene rings is 1. The number of hydroxylamine groups is 1. The third-order valence-electron chi connectivity index (χ3n) is 6.01. The summed E-state index contributed by atoms with van der Waals surface area (Å²) in [6.45, 7) is 2.50. The van der Waals surface area contributed by atoms with Crippen LogP contribution in [0.3, 0.4) is 0 Å². The van der Waals surface area contributed by atoms with E-state index in [4.69, 9.17) is 9.47 Å². The highest BCUT2D eigenvalue weighted by atomic mass is 35.5. The Labute approximate surface area is 206 Å². The highest BCUT2D eigenvalue weighted by Crippen LogP contribution is 2.34. The van der Waals surface area contributed by atoms with Crippen LogP contribution in [0.1, 0.15) is 38.2 Å². The minimum absolute atomic E-state index is 0. The highest BCUT2D eigenvalue weighted by molar-refractivity contribution is 7.89. The number of halogens is 1. The van der Waals surface area contributed by atoms with E-state index in [2.05, 4.69) is 4.98 Å². The van der Waals surface area contributed by atoms with Crippen LogP contribution >= 0.6 is 12.4 Å². The molecule has 0 radical (unpaired) electrons. The van der Waals surface area contributed by atoms with E-state index in [-0.39, 0.29) is 35.9 Å². The fraction of sp³-hybridized carbons (Fsp3) is 0.478. The number of aromatic nitrogens is 1. The number of sulfonamides is 1. The molecule has 0 aliphatic heterocycles. The zero-order valence-electron chi connectivity index (χ0n) is 19.3. The molecule has 2 N–H and O–H groups in total. The number of ether oxygens (including phenoxy) is 2. The molecule has 1 heterocycles. The first-order valence-electron chi connectivity index (χ1n) is 11.0. The van der Waals surface area contributed by atoms with Gasteiger partial charge in [-0.1, -0.05) is 0 Å². The zero-order chi connectivity index (χ0) is 23.8. The quantitative estimate of drug-likeness (QED) is 0.370. The van der Waals surface area contributed by atoms with Gasteiger partial charge in [-0.3, -0.25) is 15.0 Å². The van der Waals surface area contributed by atoms with Gasteiger partial charge in [0.1, 0.15) is 11.8 Å². The molecule has 1 fully saturated rings. The first kappa shape index (κ1) is 28.0. The van der Waals surface area contributed by atoms with Gasteiger partial charge < -0.3 is 9.47 Å². The second kappa shape index (κ2) is 13.0. The van der Waals surface area contributed by atoms with Crippen molar-refractivity contribution >= 4 is 28.3 Å². The van der Waals surface area contributed by atoms with E-state index in [1.54, 1.807) is 42.1 Å². The maximum Gasteiger partial charge on any atom is 0.262 e. The fourth-order valence-corrected chi connectivity index (χ4v) is 5.97. The maximum absolute atomic E-state index is 13.8. The third kappa shape index (κ3) is 6.67. The Kier molecular flexibility index (Phi) is 10.7. The van der Waals surface area contributed by atoms with Gasteiger partial charge >= 0.3 is 0 Å². The topological polar surface area (TPSA) is 118 Å². The SMILES string of the molecule is CCO[C@H]1CC[C@H](C(C(=O)NO)N(Cc2ccncc2)S(=O)(=O)c2ccc(OC)cc2)CC1.Cl. The van der Waals surface area contributed by atoms with Crippen LogP contribution in [0.5, 0.6) is 5.75 Å². The van der Waals surface area contributed by atoms with Gasteiger partial charge in [0.2, 0.25) is 10.0 Å². The Morgan fingerprint density at radius 3 is 2.29 bits per heavy atom. The molecule has 1 unspecified atom stereocenters. The zero-order valence-corrected chi connectivity index (χ0v) is 20.9. The van der Waals surface area contributed by atoms with E-state index >= 15 is 0 Å². The second-order valence-electron chi connectivity index (χ2n) is 7.99. The van der Waals surface area contributed by atoms with Crippen LogP contribution in [0.4, 0.5) is 0 Å². The number of methoxy groups -OCH3 is 1. The summed E-state index contributed by atoms with van der Waals surface area (Å²) in [5.74, 6) is -0.502. The number of nitrogens with one attached hydrogen (secondary N) is 1. The molecule has 1 aromatic carbocycles. The molecule has 1 amide bonds. The van der Waals surface area contributed by atoms with Crippen LogP contribution in [-0.2, 0) is 26.1 Å². The number of hydrogen-bond donors (Lipinski definition) is 2. The van der Waals surface area contributed by atoms with Crippen molar-refractivity contribution in [3.8, 4) is 5.75 Å². The number of hydrogen-bond acceptors (Lipinski definition) is 7. The van der Waals surface area contributed by atoms with Crippen molar-refractivity contribution in [2.24, 2.45) is 5.92 Å². The van der Waals surface area contributed by atoms with Gasteiger partial charge in [0, 0.05) is 25.5 Å². The number of carbonyl (C=O) groups excluding carboxylic acids is 1. The predicted molar refractivity (Wildman–Crippen MR) is 128 cm³/mol. The monoisotopic (exact) mass is 513 g/mol. The molecule has 0 spiro atoms. The molecule has 9 nitrogen and oxygen atoms in total. The van der Waals surface area contributed by atoms with Crippen LogP contribution < -0.4 is 10.2 Å². The van der Waals surface area contributed by atoms with Crippen molar-refractivity contribution in [2.75, 3.05) is 13.7 Å². The van der Waals surface area contributed by atoms with E-state index in [9.17, 15) is 18.4 Å². The number of pyridine rings is 1. The summed E-state index contributed by atoms with van der Waals surface area (Å²) >= 11 is 0. The summed E-state index contributed by atoms with van der Waals surface area (Å²) in [6.07, 6.45) is 5.89. The van der Waals surface area contributed by atoms with E-state index in [0.717, 1.165) is 12.8 Å². The average molecular weight is 514 g/mol. The summed E-state index contributed by atoms with van der Waals surface area (Å²) in [4.78, 5) is 16.9. The minimum Gasteiger partial charge on any atom is -0.497 e. The number of nitrogens with zero attached hydrogens (tertiary/aromatic N) is 2. The minimum atomic E-state index is -4.10. The Bertz CT molecular complexity index is 999. The standard InChI is InChI=1S/C23H31N3O6S.ClH/c1-3-32-20-6-4-18(5-7-20)22(23(27)25-28)26(16-17-12-14-24-15-13-17)33(29,30)21-10-8-19(31-2)9-11-21;/h8-15,18,20,22,28H,3-7,16H2,1-2H3,(H,25,27);1H/t18-,20-,22?;. The lowest BCUT2D eigenvalue weighted by Gasteiger charge is -2.38. The lowest BCUT2D eigenvalue weighted by atomic mass is 9.82. The van der Waals surface area contributed by atoms with Crippen LogP contribution in [0, 0.1) is 5.92 Å². The van der Waals surface area contributed by atoms with Crippen LogP contribution in [0.15, 0.2) is 53.7 Å². The average Bonchev–Trinajstić information content (AvgIpc) is 2.85. The molecule has 0 bridgehead atoms. The van der Waals surface area contributed by atoms with Crippen LogP contribution in [0.25, 0.3) is 0 Å². The van der Waals surface area contributed by atoms with E-state index in [0.29, 0.717) is 30.8 Å². The maximum atomic E-state index is 13.8. The predicted octanol–water partition coefficient (Wildman–Crippen LogP) is 3.17. The number of amides is 1. The fourth-order valence-electron chi connectivity index (χ4n) is 4.34. The van der Waals surface area contributed by atoms with Gasteiger partial charge in [0.25, 0.3) is 5.91 Å². The Morgan fingerprint density at radius 1 is 1.15 bits per heavy atom. The summed E-state index contributed by atoms with van der Waals surface area (Å²) in [5, 5.41) is 9.52. The molecular formula is C23H32ClN3O6S. The van der Waals surface area contributed by atoms with E-state index in [1.165, 1.54) is 23.5 Å². The van der Waals surface area contributed by atoms with E-state index < -0.39 is 22.0 Å². The Morgan fingerprint density at radius 2 is 1.76 bits per heavy atom. The summed E-state index contributed by atoms with van der Waals surface area (Å²) < 4.78 is 39.6. The molecule has 1 saturated carbocycles. The highest BCUT2D eigenvalue weighted by Gasteiger charge is 2.42. The number of rotatable bonds is 10. The largest absolute Gasteiger partial charge is 0.497 e. The van der Waals surface area contributed by atoms with Crippen molar-refractivity contribution in [3.05, 3.63) is 54.4 Å². The molecule has 188 valence electrons. The Balaban J connectivity index is 0.00000408. The van der Waals surface area contributed by atoms with Gasteiger partial charge in [-0.25, -0.2) is 13.9 Å². The van der Waals surface area contributed by atoms with E-state index in [1.807, 2.05) is 6.92 Å². The molecule has 11 heteroatoms. The molecule has 1 atom stereocenters. The molecular weight excluding hydrogens is 482 g/mol. The van der Waals surface area contributed by atoms with Crippen molar-refractivity contribution in [1.82, 2.24) is 14.8 Å². The van der Waals surface area contributed by atoms with Gasteiger partial charge in [0.15, 0.2) is 0 Å². The second-order valence-corrected chi connectivity index (χ2v) is 9.88. The smallest absolute Gasteiger partial charge is 0.262 e. The lowest BCUT2D eigenvalue weighted by Crippen LogP contribution is -2.53. The van der Waals surface area contributed by atoms with Gasteiger partial charge in [-0.15, -0.1) is 12.4 Å². The van der Waals surface area contributed by atoms with Crippen molar-refractivity contribution in [1.29, 1.82) is 0 Å². The number of carbonyl (C=O) groups is 1. The summed E-state index contributed by atoms with van der Waals surface area (Å²) in [5.41, 5.74) is 2.38. The van der Waals surface area contributed by atoms with Crippen molar-refractivity contribution in [3.63, 3.8) is 0 Å². The molecule has 2 aromatic rings. The molecule has 1 aliphatic rings. The van der Waals surface area contributed by atoms with Gasteiger partial charge in [0.05, 0.1) is 18.1 Å². The van der Waals surface area contributed by atoms with Crippen molar-refractivity contribution in [2.45, 2.75) is 56.2 Å². The normalized spacial score (nSPS) is 19.2.